The normalized spacial score (nSPS) is 17.5. The maximum atomic E-state index is 6.77. The third-order valence-electron chi connectivity index (χ3n) is 9.31. The van der Waals surface area contributed by atoms with E-state index in [-0.39, 0.29) is 11.8 Å². The largest absolute Gasteiger partial charge is 0.456 e. The summed E-state index contributed by atoms with van der Waals surface area (Å²) in [5.74, 6) is 0.296. The molecule has 1 unspecified atom stereocenters. The quantitative estimate of drug-likeness (QED) is 0.214. The molecule has 0 amide bonds. The first-order valence-electron chi connectivity index (χ1n) is 15.0. The molecule has 202 valence electrons. The van der Waals surface area contributed by atoms with Gasteiger partial charge in [0, 0.05) is 28.2 Å². The Kier molecular flexibility index (Phi) is 5.39. The third-order valence-corrected chi connectivity index (χ3v) is 9.31. The molecule has 0 spiro atoms. The van der Waals surface area contributed by atoms with E-state index in [4.69, 9.17) is 4.42 Å². The molecule has 0 fully saturated rings. The fourth-order valence-corrected chi connectivity index (χ4v) is 7.51. The summed E-state index contributed by atoms with van der Waals surface area (Å²) >= 11 is 0. The van der Waals surface area contributed by atoms with Crippen LogP contribution in [0.4, 0.5) is 0 Å². The maximum absolute atomic E-state index is 6.77. The first-order valence-corrected chi connectivity index (χ1v) is 15.0. The molecule has 1 aromatic heterocycles. The van der Waals surface area contributed by atoms with Gasteiger partial charge in [0.25, 0.3) is 0 Å². The molecule has 9 rings (SSSR count). The second-order valence-electron chi connectivity index (χ2n) is 11.6. The van der Waals surface area contributed by atoms with E-state index in [1.165, 1.54) is 66.1 Å². The van der Waals surface area contributed by atoms with Gasteiger partial charge in [-0.25, -0.2) is 0 Å². The Hall–Kier alpha value is -5.40. The van der Waals surface area contributed by atoms with Crippen LogP contribution >= 0.6 is 0 Å². The fourth-order valence-electron chi connectivity index (χ4n) is 7.51. The van der Waals surface area contributed by atoms with Crippen molar-refractivity contribution in [2.45, 2.75) is 5.92 Å². The molecule has 0 radical (unpaired) electrons. The Morgan fingerprint density at radius 3 is 2.14 bits per heavy atom. The second kappa shape index (κ2) is 9.58. The molecular formula is C42H28O. The lowest BCUT2D eigenvalue weighted by Crippen LogP contribution is -2.23. The van der Waals surface area contributed by atoms with E-state index < -0.39 is 0 Å². The van der Waals surface area contributed by atoms with Crippen LogP contribution in [-0.4, -0.2) is 0 Å². The highest BCUT2D eigenvalue weighted by Gasteiger charge is 2.37. The predicted octanol–water partition coefficient (Wildman–Crippen LogP) is 11.1. The van der Waals surface area contributed by atoms with Gasteiger partial charge in [-0.3, -0.25) is 0 Å². The molecule has 0 aliphatic heterocycles. The van der Waals surface area contributed by atoms with Crippen molar-refractivity contribution in [3.63, 3.8) is 0 Å². The van der Waals surface area contributed by atoms with Gasteiger partial charge in [0.05, 0.1) is 0 Å². The highest BCUT2D eigenvalue weighted by molar-refractivity contribution is 6.19. The Morgan fingerprint density at radius 1 is 0.512 bits per heavy atom. The topological polar surface area (TPSA) is 13.1 Å². The predicted molar refractivity (Wildman–Crippen MR) is 179 cm³/mol. The number of para-hydroxylation sites is 1. The lowest BCUT2D eigenvalue weighted by Gasteiger charge is -2.37. The van der Waals surface area contributed by atoms with Crippen molar-refractivity contribution < 1.29 is 4.42 Å². The molecule has 2 aliphatic carbocycles. The Balaban J connectivity index is 1.32. The average molecular weight is 549 g/mol. The summed E-state index contributed by atoms with van der Waals surface area (Å²) < 4.78 is 6.77. The molecule has 7 aromatic rings. The highest BCUT2D eigenvalue weighted by Crippen LogP contribution is 2.53. The van der Waals surface area contributed by atoms with E-state index in [0.29, 0.717) is 0 Å². The van der Waals surface area contributed by atoms with Crippen LogP contribution in [-0.2, 0) is 0 Å². The van der Waals surface area contributed by atoms with Crippen molar-refractivity contribution in [3.8, 4) is 11.1 Å². The van der Waals surface area contributed by atoms with Gasteiger partial charge in [0.15, 0.2) is 0 Å². The molecule has 6 aromatic carbocycles. The zero-order valence-corrected chi connectivity index (χ0v) is 23.6. The van der Waals surface area contributed by atoms with E-state index in [9.17, 15) is 0 Å². The zero-order valence-electron chi connectivity index (χ0n) is 23.6. The van der Waals surface area contributed by atoms with Crippen molar-refractivity contribution in [1.29, 1.82) is 0 Å². The molecular weight excluding hydrogens is 520 g/mol. The SMILES string of the molecule is C1=CC2=C(c3ccccc3-c3ccccc3)c3ccccc3C(c3cccc4c3oc3ccc5ccccc5c34)[C@H]2C=C1. The highest BCUT2D eigenvalue weighted by atomic mass is 16.3. The van der Waals surface area contributed by atoms with Crippen LogP contribution in [0.2, 0.25) is 0 Å². The minimum atomic E-state index is 0.121. The van der Waals surface area contributed by atoms with Crippen LogP contribution < -0.4 is 0 Å². The Bertz CT molecular complexity index is 2290. The van der Waals surface area contributed by atoms with Gasteiger partial charge in [-0.1, -0.05) is 152 Å². The van der Waals surface area contributed by atoms with Crippen LogP contribution in [0.3, 0.4) is 0 Å². The summed E-state index contributed by atoms with van der Waals surface area (Å²) in [6, 6.07) is 48.2. The summed E-state index contributed by atoms with van der Waals surface area (Å²) in [5.41, 5.74) is 12.2. The third kappa shape index (κ3) is 3.65. The number of allylic oxidation sites excluding steroid dienone is 5. The monoisotopic (exact) mass is 548 g/mol. The van der Waals surface area contributed by atoms with E-state index in [1.807, 2.05) is 0 Å². The molecule has 0 saturated heterocycles. The van der Waals surface area contributed by atoms with Crippen molar-refractivity contribution in [3.05, 3.63) is 186 Å². The molecule has 0 bridgehead atoms. The van der Waals surface area contributed by atoms with E-state index in [1.54, 1.807) is 0 Å². The second-order valence-corrected chi connectivity index (χ2v) is 11.6. The molecule has 1 heterocycles. The molecule has 43 heavy (non-hydrogen) atoms. The first kappa shape index (κ1) is 24.2. The average Bonchev–Trinajstić information content (AvgIpc) is 3.47. The van der Waals surface area contributed by atoms with Crippen LogP contribution in [0, 0.1) is 5.92 Å². The summed E-state index contributed by atoms with van der Waals surface area (Å²) in [5, 5.41) is 4.86. The number of furan rings is 1. The molecule has 0 N–H and O–H groups in total. The van der Waals surface area contributed by atoms with E-state index in [2.05, 4.69) is 158 Å². The number of hydrogen-bond acceptors (Lipinski definition) is 1. The van der Waals surface area contributed by atoms with Gasteiger partial charge in [-0.2, -0.15) is 0 Å². The summed E-state index contributed by atoms with van der Waals surface area (Å²) in [7, 11) is 0. The maximum Gasteiger partial charge on any atom is 0.139 e. The minimum absolute atomic E-state index is 0.121. The standard InChI is InChI=1S/C42H28O/c1-2-13-27(14-3-1)29-16-6-7-18-31(29)39-32-19-8-10-21-34(32)40(35-22-11-9-20-33(35)39)36-23-12-24-37-41-30-17-5-4-15-28(30)25-26-38(41)43-42(36)37/h1-26,34,40H/t34-,40?/m0/s1. The van der Waals surface area contributed by atoms with Crippen LogP contribution in [0.5, 0.6) is 0 Å². The molecule has 2 atom stereocenters. The summed E-state index contributed by atoms with van der Waals surface area (Å²) in [4.78, 5) is 0. The van der Waals surface area contributed by atoms with Gasteiger partial charge < -0.3 is 4.42 Å². The van der Waals surface area contributed by atoms with Gasteiger partial charge in [0.1, 0.15) is 11.2 Å². The fraction of sp³-hybridized carbons (Fsp3) is 0.0476. The van der Waals surface area contributed by atoms with Crippen LogP contribution in [0.25, 0.3) is 49.4 Å². The Morgan fingerprint density at radius 2 is 1.23 bits per heavy atom. The van der Waals surface area contributed by atoms with E-state index in [0.717, 1.165) is 11.2 Å². The molecule has 2 aliphatic rings. The van der Waals surface area contributed by atoms with Gasteiger partial charge in [0.2, 0.25) is 0 Å². The zero-order chi connectivity index (χ0) is 28.3. The smallest absolute Gasteiger partial charge is 0.139 e. The number of rotatable bonds is 3. The summed E-state index contributed by atoms with van der Waals surface area (Å²) in [6.07, 6.45) is 9.12. The molecule has 0 saturated carbocycles. The lowest BCUT2D eigenvalue weighted by molar-refractivity contribution is 0.619. The van der Waals surface area contributed by atoms with E-state index >= 15 is 0 Å². The number of hydrogen-bond donors (Lipinski definition) is 0. The molecule has 1 heteroatoms. The van der Waals surface area contributed by atoms with Gasteiger partial charge in [-0.05, 0) is 55.8 Å². The van der Waals surface area contributed by atoms with Crippen molar-refractivity contribution in [1.82, 2.24) is 0 Å². The molecule has 1 nitrogen and oxygen atoms in total. The van der Waals surface area contributed by atoms with Crippen molar-refractivity contribution >= 4 is 38.3 Å². The van der Waals surface area contributed by atoms with Crippen molar-refractivity contribution in [2.24, 2.45) is 5.92 Å². The van der Waals surface area contributed by atoms with Crippen LogP contribution in [0.1, 0.15) is 28.2 Å². The van der Waals surface area contributed by atoms with Gasteiger partial charge >= 0.3 is 0 Å². The van der Waals surface area contributed by atoms with Crippen LogP contribution in [0.15, 0.2) is 168 Å². The minimum Gasteiger partial charge on any atom is -0.456 e. The summed E-state index contributed by atoms with van der Waals surface area (Å²) in [6.45, 7) is 0. The number of fused-ring (bicyclic) bond motifs is 7. The lowest BCUT2D eigenvalue weighted by atomic mass is 9.66. The Labute approximate surface area is 250 Å². The number of benzene rings is 6. The van der Waals surface area contributed by atoms with Gasteiger partial charge in [-0.15, -0.1) is 0 Å². The van der Waals surface area contributed by atoms with Crippen molar-refractivity contribution in [2.75, 3.05) is 0 Å². The first-order chi connectivity index (χ1) is 21.4.